The molecule has 0 spiro atoms. The van der Waals surface area contributed by atoms with Gasteiger partial charge in [0.05, 0.1) is 17.3 Å². The Hall–Kier alpha value is -3.63. The van der Waals surface area contributed by atoms with Gasteiger partial charge in [0.2, 0.25) is 0 Å². The van der Waals surface area contributed by atoms with Gasteiger partial charge in [0, 0.05) is 6.42 Å². The van der Waals surface area contributed by atoms with E-state index >= 15 is 0 Å². The largest absolute Gasteiger partial charge is 0.459 e. The Labute approximate surface area is 192 Å². The molecule has 3 atom stereocenters. The number of aromatic amines is 1. The molecule has 3 aromatic rings. The average molecular weight is 470 g/mol. The van der Waals surface area contributed by atoms with Crippen LogP contribution in [0.5, 0.6) is 0 Å². The molecule has 0 aliphatic carbocycles. The van der Waals surface area contributed by atoms with Crippen LogP contribution in [0.2, 0.25) is 0 Å². The van der Waals surface area contributed by atoms with Gasteiger partial charge in [0.25, 0.3) is 0 Å². The minimum atomic E-state index is -0.965. The van der Waals surface area contributed by atoms with E-state index in [0.29, 0.717) is 11.1 Å². The van der Waals surface area contributed by atoms with Gasteiger partial charge in [-0.25, -0.2) is 18.8 Å². The highest BCUT2D eigenvalue weighted by atomic mass is 32.1. The van der Waals surface area contributed by atoms with Gasteiger partial charge in [-0.2, -0.15) is 0 Å². The molecule has 1 aromatic heterocycles. The number of esters is 2. The molecule has 1 unspecified atom stereocenters. The minimum absolute atomic E-state index is 0.0378. The molecule has 0 bridgehead atoms. The predicted octanol–water partition coefficient (Wildman–Crippen LogP) is 3.42. The fraction of sp³-hybridized carbons (Fsp3) is 0.217. The van der Waals surface area contributed by atoms with Crippen molar-refractivity contribution < 1.29 is 28.2 Å². The van der Waals surface area contributed by atoms with Crippen molar-refractivity contribution >= 4 is 24.2 Å². The highest BCUT2D eigenvalue weighted by Crippen LogP contribution is 2.31. The quantitative estimate of drug-likeness (QED) is 0.435. The number of aromatic nitrogens is 2. The lowest BCUT2D eigenvalue weighted by molar-refractivity contribution is -0.0584. The first-order chi connectivity index (χ1) is 15.9. The van der Waals surface area contributed by atoms with Gasteiger partial charge < -0.3 is 14.2 Å². The molecule has 4 rings (SSSR count). The van der Waals surface area contributed by atoms with Gasteiger partial charge in [-0.15, -0.1) is 0 Å². The van der Waals surface area contributed by atoms with Crippen molar-refractivity contribution in [3.05, 3.63) is 98.9 Å². The smallest absolute Gasteiger partial charge is 0.338 e. The Kier molecular flexibility index (Phi) is 6.76. The van der Waals surface area contributed by atoms with Gasteiger partial charge in [-0.1, -0.05) is 48.6 Å². The van der Waals surface area contributed by atoms with E-state index in [0.717, 1.165) is 10.8 Å². The molecule has 1 saturated heterocycles. The van der Waals surface area contributed by atoms with E-state index in [9.17, 15) is 18.8 Å². The van der Waals surface area contributed by atoms with Crippen LogP contribution in [0.15, 0.2) is 71.7 Å². The zero-order chi connectivity index (χ0) is 23.4. The van der Waals surface area contributed by atoms with Crippen molar-refractivity contribution in [2.75, 3.05) is 6.61 Å². The summed E-state index contributed by atoms with van der Waals surface area (Å²) in [5, 5.41) is 0. The zero-order valence-electron chi connectivity index (χ0n) is 17.2. The van der Waals surface area contributed by atoms with E-state index < -0.39 is 41.9 Å². The molecule has 1 aliphatic heterocycles. The summed E-state index contributed by atoms with van der Waals surface area (Å²) in [5.41, 5.74) is -0.00625. The fourth-order valence-corrected chi connectivity index (χ4v) is 3.56. The highest BCUT2D eigenvalue weighted by molar-refractivity contribution is 7.71. The molecule has 1 aliphatic rings. The maximum absolute atomic E-state index is 14.0. The summed E-state index contributed by atoms with van der Waals surface area (Å²) < 4.78 is 31.4. The molecule has 0 saturated carbocycles. The summed E-state index contributed by atoms with van der Waals surface area (Å²) in [7, 11) is 0. The monoisotopic (exact) mass is 470 g/mol. The topological polar surface area (TPSA) is 99.6 Å². The maximum atomic E-state index is 14.0. The summed E-state index contributed by atoms with van der Waals surface area (Å²) in [6.45, 7) is -0.239. The SMILES string of the molecule is O=C(OC[C@@H]1O[C@H](n2cc(F)c(=S)[nH]c2=O)CC1OC(=O)c1ccccc1)c1ccccc1. The molecule has 33 heavy (non-hydrogen) atoms. The molecule has 2 aromatic carbocycles. The molecule has 1 fully saturated rings. The van der Waals surface area contributed by atoms with Gasteiger partial charge in [0.15, 0.2) is 5.82 Å². The lowest BCUT2D eigenvalue weighted by Crippen LogP contribution is -2.32. The van der Waals surface area contributed by atoms with Crippen molar-refractivity contribution in [3.63, 3.8) is 0 Å². The van der Waals surface area contributed by atoms with Crippen LogP contribution in [0.3, 0.4) is 0 Å². The number of nitrogens with zero attached hydrogens (tertiary/aromatic N) is 1. The Balaban J connectivity index is 1.53. The van der Waals surface area contributed by atoms with E-state index in [-0.39, 0.29) is 17.7 Å². The third-order valence-electron chi connectivity index (χ3n) is 5.07. The van der Waals surface area contributed by atoms with Crippen LogP contribution >= 0.6 is 12.2 Å². The second kappa shape index (κ2) is 9.88. The fourth-order valence-electron chi connectivity index (χ4n) is 3.42. The van der Waals surface area contributed by atoms with E-state index in [1.54, 1.807) is 60.7 Å². The van der Waals surface area contributed by atoms with Crippen LogP contribution in [0, 0.1) is 10.5 Å². The number of benzene rings is 2. The first-order valence-electron chi connectivity index (χ1n) is 10.1. The van der Waals surface area contributed by atoms with Crippen LogP contribution < -0.4 is 5.69 Å². The Bertz CT molecular complexity index is 1260. The Morgan fingerprint density at radius 1 is 1.06 bits per heavy atom. The standard InChI is InChI=1S/C23H19FN2O6S/c24-16-12-26(23(29)25-20(16)33)19-11-17(32-22(28)15-9-5-2-6-10-15)18(31-19)13-30-21(27)14-7-3-1-4-8-14/h1-10,12,17-19H,11,13H2,(H,25,29,33)/t17?,18-,19-/m0/s1. The summed E-state index contributed by atoms with van der Waals surface area (Å²) in [6, 6.07) is 16.7. The molecule has 0 amide bonds. The number of hydrogen-bond acceptors (Lipinski definition) is 7. The van der Waals surface area contributed by atoms with E-state index in [1.807, 2.05) is 0 Å². The zero-order valence-corrected chi connectivity index (χ0v) is 18.0. The van der Waals surface area contributed by atoms with Crippen molar-refractivity contribution in [3.8, 4) is 0 Å². The van der Waals surface area contributed by atoms with Crippen LogP contribution in [-0.4, -0.2) is 40.3 Å². The number of nitrogens with one attached hydrogen (secondary N) is 1. The summed E-state index contributed by atoms with van der Waals surface area (Å²) in [5.74, 6) is -1.98. The number of ether oxygens (including phenoxy) is 3. The van der Waals surface area contributed by atoms with Crippen molar-refractivity contribution in [1.29, 1.82) is 0 Å². The predicted molar refractivity (Wildman–Crippen MR) is 117 cm³/mol. The summed E-state index contributed by atoms with van der Waals surface area (Å²) in [4.78, 5) is 39.4. The molecule has 2 heterocycles. The van der Waals surface area contributed by atoms with Crippen LogP contribution in [0.1, 0.15) is 33.4 Å². The highest BCUT2D eigenvalue weighted by Gasteiger charge is 2.40. The van der Waals surface area contributed by atoms with Crippen LogP contribution in [0.4, 0.5) is 4.39 Å². The normalized spacial score (nSPS) is 19.7. The number of halogens is 1. The molecule has 8 nitrogen and oxygen atoms in total. The first kappa shape index (κ1) is 22.6. The van der Waals surface area contributed by atoms with Crippen LogP contribution in [0.25, 0.3) is 0 Å². The lowest BCUT2D eigenvalue weighted by atomic mass is 10.1. The third kappa shape index (κ3) is 5.24. The van der Waals surface area contributed by atoms with E-state index in [1.165, 1.54) is 0 Å². The van der Waals surface area contributed by atoms with Gasteiger partial charge >= 0.3 is 17.6 Å². The van der Waals surface area contributed by atoms with Gasteiger partial charge in [0.1, 0.15) is 29.7 Å². The summed E-state index contributed by atoms with van der Waals surface area (Å²) >= 11 is 4.74. The number of rotatable bonds is 6. The van der Waals surface area contributed by atoms with Crippen LogP contribution in [-0.2, 0) is 14.2 Å². The second-order valence-electron chi connectivity index (χ2n) is 7.28. The molecular weight excluding hydrogens is 451 g/mol. The summed E-state index contributed by atoms with van der Waals surface area (Å²) in [6.07, 6.45) is -1.73. The van der Waals surface area contributed by atoms with Crippen molar-refractivity contribution in [2.24, 2.45) is 0 Å². The molecule has 170 valence electrons. The van der Waals surface area contributed by atoms with Gasteiger partial charge in [-0.3, -0.25) is 9.55 Å². The van der Waals surface area contributed by atoms with E-state index in [4.69, 9.17) is 26.4 Å². The third-order valence-corrected chi connectivity index (χ3v) is 5.37. The van der Waals surface area contributed by atoms with Gasteiger partial charge in [-0.05, 0) is 24.3 Å². The lowest BCUT2D eigenvalue weighted by Gasteiger charge is -2.19. The minimum Gasteiger partial charge on any atom is -0.459 e. The maximum Gasteiger partial charge on any atom is 0.338 e. The Morgan fingerprint density at radius 2 is 1.67 bits per heavy atom. The molecule has 0 radical (unpaired) electrons. The van der Waals surface area contributed by atoms with Crippen molar-refractivity contribution in [2.45, 2.75) is 24.9 Å². The molecule has 10 heteroatoms. The molecule has 1 N–H and O–H groups in total. The molecular formula is C23H19FN2O6S. The average Bonchev–Trinajstić information content (AvgIpc) is 3.23. The van der Waals surface area contributed by atoms with Crippen molar-refractivity contribution in [1.82, 2.24) is 9.55 Å². The Morgan fingerprint density at radius 3 is 2.30 bits per heavy atom. The number of hydrogen-bond donors (Lipinski definition) is 1. The number of carbonyl (C=O) groups excluding carboxylic acids is 2. The second-order valence-corrected chi connectivity index (χ2v) is 7.69. The first-order valence-corrected chi connectivity index (χ1v) is 10.5. The number of H-pyrrole nitrogens is 1. The van der Waals surface area contributed by atoms with E-state index in [2.05, 4.69) is 4.98 Å². The number of carbonyl (C=O) groups is 2.